The molecule has 2 heterocycles. The van der Waals surface area contributed by atoms with Gasteiger partial charge in [0.05, 0.1) is 4.90 Å². The molecule has 3 aliphatic rings. The maximum absolute atomic E-state index is 13.0. The lowest BCUT2D eigenvalue weighted by Crippen LogP contribution is -2.44. The lowest BCUT2D eigenvalue weighted by atomic mass is 9.75. The number of nitrogens with zero attached hydrogens (tertiary/aromatic N) is 2. The van der Waals surface area contributed by atoms with Crippen LogP contribution < -0.4 is 0 Å². The number of carbonyl (C=O) groups excluding carboxylic acids is 1. The summed E-state index contributed by atoms with van der Waals surface area (Å²) >= 11 is 0. The fourth-order valence-electron chi connectivity index (χ4n) is 5.01. The van der Waals surface area contributed by atoms with Crippen molar-refractivity contribution in [1.29, 1.82) is 0 Å². The number of fused-ring (bicyclic) bond motifs is 1. The largest absolute Gasteiger partial charge is 0.338 e. The molecule has 5 nitrogen and oxygen atoms in total. The van der Waals surface area contributed by atoms with Crippen molar-refractivity contribution in [2.75, 3.05) is 26.2 Å². The summed E-state index contributed by atoms with van der Waals surface area (Å²) in [7, 11) is -3.51. The summed E-state index contributed by atoms with van der Waals surface area (Å²) in [6.45, 7) is 2.78. The van der Waals surface area contributed by atoms with Crippen molar-refractivity contribution < 1.29 is 13.2 Å². The van der Waals surface area contributed by atoms with Gasteiger partial charge < -0.3 is 4.90 Å². The molecule has 148 valence electrons. The molecule has 1 aliphatic carbocycles. The number of hydrogen-bond acceptors (Lipinski definition) is 3. The monoisotopic (exact) mass is 390 g/mol. The molecular formula is C21H30N2O3S. The van der Waals surface area contributed by atoms with Gasteiger partial charge in [0.15, 0.2) is 0 Å². The summed E-state index contributed by atoms with van der Waals surface area (Å²) in [5.41, 5.74) is 0.502. The van der Waals surface area contributed by atoms with E-state index < -0.39 is 10.0 Å². The average Bonchev–Trinajstić information content (AvgIpc) is 2.73. The van der Waals surface area contributed by atoms with Crippen LogP contribution in [0, 0.1) is 11.8 Å². The molecule has 1 aromatic rings. The minimum absolute atomic E-state index is 0.0188. The Hall–Kier alpha value is -1.40. The third kappa shape index (κ3) is 3.92. The van der Waals surface area contributed by atoms with E-state index in [1.807, 2.05) is 4.90 Å². The summed E-state index contributed by atoms with van der Waals surface area (Å²) in [4.78, 5) is 15.2. The Kier molecular flexibility index (Phi) is 5.55. The number of sulfonamides is 1. The molecule has 6 heteroatoms. The lowest BCUT2D eigenvalue weighted by molar-refractivity contribution is 0.0520. The van der Waals surface area contributed by atoms with Crippen LogP contribution in [0.5, 0.6) is 0 Å². The van der Waals surface area contributed by atoms with Gasteiger partial charge in [-0.2, -0.15) is 4.31 Å². The SMILES string of the molecule is O=C(c1cccc(S(=O)(=O)N2CCCCC2)c1)N1CC[C@@H]2CCCC[C@H]2C1. The summed E-state index contributed by atoms with van der Waals surface area (Å²) in [6.07, 6.45) is 9.11. The Morgan fingerprint density at radius 3 is 2.41 bits per heavy atom. The van der Waals surface area contributed by atoms with Gasteiger partial charge in [-0.05, 0) is 55.7 Å². The van der Waals surface area contributed by atoms with Gasteiger partial charge in [-0.15, -0.1) is 0 Å². The second-order valence-electron chi connectivity index (χ2n) is 8.34. The molecule has 1 aromatic carbocycles. The number of carbonyl (C=O) groups is 1. The van der Waals surface area contributed by atoms with E-state index in [1.165, 1.54) is 25.7 Å². The highest BCUT2D eigenvalue weighted by molar-refractivity contribution is 7.89. The van der Waals surface area contributed by atoms with Crippen LogP contribution in [0.15, 0.2) is 29.2 Å². The van der Waals surface area contributed by atoms with Crippen LogP contribution in [0.25, 0.3) is 0 Å². The molecule has 3 fully saturated rings. The smallest absolute Gasteiger partial charge is 0.253 e. The highest BCUT2D eigenvalue weighted by Crippen LogP contribution is 2.36. The normalized spacial score (nSPS) is 27.2. The third-order valence-electron chi connectivity index (χ3n) is 6.61. The minimum Gasteiger partial charge on any atom is -0.338 e. The molecule has 0 N–H and O–H groups in total. The Balaban J connectivity index is 1.51. The summed E-state index contributed by atoms with van der Waals surface area (Å²) in [5, 5.41) is 0. The number of amides is 1. The van der Waals surface area contributed by atoms with Gasteiger partial charge in [0, 0.05) is 31.7 Å². The van der Waals surface area contributed by atoms with Crippen molar-refractivity contribution in [2.45, 2.75) is 56.3 Å². The fraction of sp³-hybridized carbons (Fsp3) is 0.667. The summed E-state index contributed by atoms with van der Waals surface area (Å²) in [6, 6.07) is 6.66. The maximum Gasteiger partial charge on any atom is 0.253 e. The van der Waals surface area contributed by atoms with Gasteiger partial charge in [0.25, 0.3) is 5.91 Å². The van der Waals surface area contributed by atoms with Crippen LogP contribution in [0.2, 0.25) is 0 Å². The van der Waals surface area contributed by atoms with E-state index in [2.05, 4.69) is 0 Å². The van der Waals surface area contributed by atoms with E-state index in [0.717, 1.165) is 44.7 Å². The van der Waals surface area contributed by atoms with E-state index in [1.54, 1.807) is 28.6 Å². The molecule has 0 radical (unpaired) electrons. The maximum atomic E-state index is 13.0. The number of benzene rings is 1. The predicted molar refractivity (Wildman–Crippen MR) is 105 cm³/mol. The molecule has 2 atom stereocenters. The van der Waals surface area contributed by atoms with E-state index >= 15 is 0 Å². The van der Waals surface area contributed by atoms with E-state index in [-0.39, 0.29) is 10.8 Å². The Morgan fingerprint density at radius 1 is 0.889 bits per heavy atom. The average molecular weight is 391 g/mol. The molecule has 1 saturated carbocycles. The van der Waals surface area contributed by atoms with Crippen molar-refractivity contribution >= 4 is 15.9 Å². The Morgan fingerprint density at radius 2 is 1.63 bits per heavy atom. The molecule has 0 aromatic heterocycles. The van der Waals surface area contributed by atoms with Crippen LogP contribution in [0.4, 0.5) is 0 Å². The highest BCUT2D eigenvalue weighted by Gasteiger charge is 2.33. The molecular weight excluding hydrogens is 360 g/mol. The summed E-state index contributed by atoms with van der Waals surface area (Å²) < 4.78 is 27.4. The standard InChI is InChI=1S/C21H30N2O3S/c24-21(22-14-11-17-7-2-3-8-19(17)16-22)18-9-6-10-20(15-18)27(25,26)23-12-4-1-5-13-23/h6,9-10,15,17,19H,1-5,7-8,11-14,16H2/t17-,19-/m0/s1. The second-order valence-corrected chi connectivity index (χ2v) is 10.3. The van der Waals surface area contributed by atoms with E-state index in [0.29, 0.717) is 24.6 Å². The first kappa shape index (κ1) is 18.9. The van der Waals surface area contributed by atoms with Crippen molar-refractivity contribution in [3.63, 3.8) is 0 Å². The van der Waals surface area contributed by atoms with Crippen LogP contribution in [0.1, 0.15) is 61.7 Å². The molecule has 1 amide bonds. The summed E-state index contributed by atoms with van der Waals surface area (Å²) in [5.74, 6) is 1.38. The van der Waals surface area contributed by atoms with Crippen molar-refractivity contribution in [3.05, 3.63) is 29.8 Å². The Labute approximate surface area is 162 Å². The van der Waals surface area contributed by atoms with Crippen LogP contribution in [-0.4, -0.2) is 49.7 Å². The van der Waals surface area contributed by atoms with Crippen LogP contribution in [0.3, 0.4) is 0 Å². The zero-order chi connectivity index (χ0) is 18.9. The van der Waals surface area contributed by atoms with Gasteiger partial charge in [-0.1, -0.05) is 31.7 Å². The van der Waals surface area contributed by atoms with E-state index in [9.17, 15) is 13.2 Å². The molecule has 0 bridgehead atoms. The van der Waals surface area contributed by atoms with Crippen LogP contribution in [-0.2, 0) is 10.0 Å². The molecule has 27 heavy (non-hydrogen) atoms. The van der Waals surface area contributed by atoms with Crippen molar-refractivity contribution in [2.24, 2.45) is 11.8 Å². The molecule has 2 aliphatic heterocycles. The first-order chi connectivity index (χ1) is 13.1. The zero-order valence-electron chi connectivity index (χ0n) is 16.0. The fourth-order valence-corrected chi connectivity index (χ4v) is 6.58. The van der Waals surface area contributed by atoms with Gasteiger partial charge in [0.2, 0.25) is 10.0 Å². The van der Waals surface area contributed by atoms with Gasteiger partial charge in [-0.25, -0.2) is 8.42 Å². The molecule has 0 spiro atoms. The highest BCUT2D eigenvalue weighted by atomic mass is 32.2. The first-order valence-electron chi connectivity index (χ1n) is 10.5. The predicted octanol–water partition coefficient (Wildman–Crippen LogP) is 3.51. The third-order valence-corrected chi connectivity index (χ3v) is 8.51. The molecule has 0 unspecified atom stereocenters. The van der Waals surface area contributed by atoms with Crippen LogP contribution >= 0.6 is 0 Å². The number of piperidine rings is 2. The zero-order valence-corrected chi connectivity index (χ0v) is 16.8. The topological polar surface area (TPSA) is 57.7 Å². The van der Waals surface area contributed by atoms with Crippen molar-refractivity contribution in [1.82, 2.24) is 9.21 Å². The van der Waals surface area contributed by atoms with Gasteiger partial charge in [-0.3, -0.25) is 4.79 Å². The molecule has 2 saturated heterocycles. The number of likely N-dealkylation sites (tertiary alicyclic amines) is 1. The molecule has 4 rings (SSSR count). The van der Waals surface area contributed by atoms with E-state index in [4.69, 9.17) is 0 Å². The van der Waals surface area contributed by atoms with Gasteiger partial charge >= 0.3 is 0 Å². The number of hydrogen-bond donors (Lipinski definition) is 0. The first-order valence-corrected chi connectivity index (χ1v) is 11.9. The quantitative estimate of drug-likeness (QED) is 0.793. The Bertz CT molecular complexity index is 786. The second kappa shape index (κ2) is 7.92. The minimum atomic E-state index is -3.51. The van der Waals surface area contributed by atoms with Gasteiger partial charge in [0.1, 0.15) is 0 Å². The number of rotatable bonds is 3. The van der Waals surface area contributed by atoms with Crippen molar-refractivity contribution in [3.8, 4) is 0 Å². The lowest BCUT2D eigenvalue weighted by Gasteiger charge is -2.41.